The Kier molecular flexibility index (Phi) is 4.92. The third-order valence-corrected chi connectivity index (χ3v) is 4.12. The molecular weight excluding hydrogens is 327 g/mol. The molecule has 1 aromatic carbocycles. The van der Waals surface area contributed by atoms with Crippen LogP contribution < -0.4 is 16.4 Å². The second-order valence-corrected chi connectivity index (χ2v) is 6.00. The summed E-state index contributed by atoms with van der Waals surface area (Å²) in [5.74, 6) is -0.493. The van der Waals surface area contributed by atoms with E-state index in [1.165, 1.54) is 24.6 Å². The molecule has 1 fully saturated rings. The topological polar surface area (TPSA) is 119 Å². The van der Waals surface area contributed by atoms with Crippen molar-refractivity contribution >= 4 is 29.0 Å². The van der Waals surface area contributed by atoms with E-state index in [0.717, 1.165) is 25.7 Å². The molecule has 4 N–H and O–H groups in total. The van der Waals surface area contributed by atoms with Gasteiger partial charge in [0.1, 0.15) is 5.82 Å². The largest absolute Gasteiger partial charge is 0.378 e. The third-order valence-electron chi connectivity index (χ3n) is 4.12. The van der Waals surface area contributed by atoms with Crippen molar-refractivity contribution in [3.63, 3.8) is 0 Å². The van der Waals surface area contributed by atoms with Gasteiger partial charge >= 0.3 is 5.69 Å². The molecule has 1 saturated carbocycles. The van der Waals surface area contributed by atoms with Crippen LogP contribution in [-0.4, -0.2) is 20.9 Å². The summed E-state index contributed by atoms with van der Waals surface area (Å²) in [7, 11) is 0. The number of hydrogen-bond donors (Lipinski definition) is 3. The highest BCUT2D eigenvalue weighted by atomic mass is 19.1. The minimum atomic E-state index is -0.591. The first-order valence-electron chi connectivity index (χ1n) is 8.14. The first kappa shape index (κ1) is 16.9. The minimum Gasteiger partial charge on any atom is -0.378 e. The van der Waals surface area contributed by atoms with Crippen molar-refractivity contribution in [3.05, 3.63) is 40.2 Å². The summed E-state index contributed by atoms with van der Waals surface area (Å²) in [6, 6.07) is 5.87. The van der Waals surface area contributed by atoms with Gasteiger partial charge in [0.05, 0.1) is 4.92 Å². The predicted molar refractivity (Wildman–Crippen MR) is 93.3 cm³/mol. The van der Waals surface area contributed by atoms with Crippen molar-refractivity contribution in [1.29, 1.82) is 0 Å². The third kappa shape index (κ3) is 4.11. The van der Waals surface area contributed by atoms with Gasteiger partial charge in [-0.3, -0.25) is 10.1 Å². The Morgan fingerprint density at radius 2 is 2.00 bits per heavy atom. The summed E-state index contributed by atoms with van der Waals surface area (Å²) in [6.45, 7) is 0. The van der Waals surface area contributed by atoms with Gasteiger partial charge in [-0.2, -0.15) is 9.97 Å². The molecule has 1 aliphatic rings. The summed E-state index contributed by atoms with van der Waals surface area (Å²) >= 11 is 0. The molecular formula is C16H19FN6O2. The zero-order valence-corrected chi connectivity index (χ0v) is 13.5. The lowest BCUT2D eigenvalue weighted by molar-refractivity contribution is -0.383. The fourth-order valence-electron chi connectivity index (χ4n) is 2.94. The van der Waals surface area contributed by atoms with E-state index in [4.69, 9.17) is 5.73 Å². The number of nitrogen functional groups attached to an aromatic ring is 1. The Hall–Kier alpha value is -2.97. The molecule has 1 aromatic heterocycles. The van der Waals surface area contributed by atoms with Crippen molar-refractivity contribution in [2.45, 2.75) is 38.1 Å². The van der Waals surface area contributed by atoms with Crippen LogP contribution in [0.4, 0.5) is 33.3 Å². The lowest BCUT2D eigenvalue weighted by atomic mass is 9.95. The summed E-state index contributed by atoms with van der Waals surface area (Å²) < 4.78 is 13.3. The predicted octanol–water partition coefficient (Wildman–Crippen LogP) is 3.59. The second-order valence-electron chi connectivity index (χ2n) is 6.00. The van der Waals surface area contributed by atoms with E-state index in [1.54, 1.807) is 6.07 Å². The Labute approximate surface area is 143 Å². The zero-order chi connectivity index (χ0) is 17.8. The van der Waals surface area contributed by atoms with Crippen LogP contribution >= 0.6 is 0 Å². The first-order chi connectivity index (χ1) is 12.0. The highest BCUT2D eigenvalue weighted by molar-refractivity contribution is 5.71. The molecule has 0 aliphatic heterocycles. The van der Waals surface area contributed by atoms with E-state index >= 15 is 0 Å². The fourth-order valence-corrected chi connectivity index (χ4v) is 2.94. The maximum absolute atomic E-state index is 13.3. The number of halogens is 1. The molecule has 0 amide bonds. The van der Waals surface area contributed by atoms with Crippen molar-refractivity contribution in [2.24, 2.45) is 0 Å². The molecule has 1 aliphatic carbocycles. The van der Waals surface area contributed by atoms with Crippen LogP contribution in [0.1, 0.15) is 32.1 Å². The van der Waals surface area contributed by atoms with Crippen molar-refractivity contribution in [2.75, 3.05) is 16.4 Å². The first-order valence-corrected chi connectivity index (χ1v) is 8.14. The summed E-state index contributed by atoms with van der Waals surface area (Å²) in [5.41, 5.74) is 5.85. The molecule has 1 heterocycles. The van der Waals surface area contributed by atoms with Gasteiger partial charge in [0.15, 0.2) is 0 Å². The lowest BCUT2D eigenvalue weighted by Crippen LogP contribution is -2.24. The number of nitro groups is 1. The fraction of sp³-hybridized carbons (Fsp3) is 0.375. The van der Waals surface area contributed by atoms with Gasteiger partial charge in [-0.1, -0.05) is 25.3 Å². The Balaban J connectivity index is 1.90. The number of nitrogens with zero attached hydrogens (tertiary/aromatic N) is 3. The Morgan fingerprint density at radius 3 is 2.68 bits per heavy atom. The maximum Gasteiger partial charge on any atom is 0.353 e. The summed E-state index contributed by atoms with van der Waals surface area (Å²) in [5, 5.41) is 17.3. The van der Waals surface area contributed by atoms with E-state index < -0.39 is 10.7 Å². The molecule has 0 atom stereocenters. The van der Waals surface area contributed by atoms with E-state index in [-0.39, 0.29) is 29.3 Å². The van der Waals surface area contributed by atoms with Crippen LogP contribution in [0.3, 0.4) is 0 Å². The van der Waals surface area contributed by atoms with Gasteiger partial charge in [-0.25, -0.2) is 4.39 Å². The van der Waals surface area contributed by atoms with E-state index in [1.807, 2.05) is 0 Å². The molecule has 132 valence electrons. The monoisotopic (exact) mass is 346 g/mol. The summed E-state index contributed by atoms with van der Waals surface area (Å²) in [6.07, 6.45) is 5.15. The number of hydrogen-bond acceptors (Lipinski definition) is 7. The molecule has 2 aromatic rings. The van der Waals surface area contributed by atoms with E-state index in [9.17, 15) is 14.5 Å². The van der Waals surface area contributed by atoms with Crippen LogP contribution in [-0.2, 0) is 0 Å². The Morgan fingerprint density at radius 1 is 1.24 bits per heavy atom. The molecule has 25 heavy (non-hydrogen) atoms. The lowest BCUT2D eigenvalue weighted by Gasteiger charge is -2.23. The highest BCUT2D eigenvalue weighted by Gasteiger charge is 2.25. The van der Waals surface area contributed by atoms with Gasteiger partial charge < -0.3 is 16.4 Å². The molecule has 3 rings (SSSR count). The average molecular weight is 346 g/mol. The Bertz CT molecular complexity index is 779. The van der Waals surface area contributed by atoms with Crippen LogP contribution in [0.2, 0.25) is 0 Å². The molecule has 0 radical (unpaired) electrons. The molecule has 9 heteroatoms. The normalized spacial score (nSPS) is 14.9. The van der Waals surface area contributed by atoms with Gasteiger partial charge in [0, 0.05) is 11.7 Å². The van der Waals surface area contributed by atoms with Crippen molar-refractivity contribution in [1.82, 2.24) is 9.97 Å². The number of anilines is 4. The smallest absolute Gasteiger partial charge is 0.353 e. The molecule has 0 bridgehead atoms. The number of rotatable bonds is 5. The van der Waals surface area contributed by atoms with Gasteiger partial charge in [-0.05, 0) is 31.0 Å². The van der Waals surface area contributed by atoms with Gasteiger partial charge in [-0.15, -0.1) is 0 Å². The number of nitrogens with one attached hydrogen (secondary N) is 2. The van der Waals surface area contributed by atoms with Crippen LogP contribution in [0.25, 0.3) is 0 Å². The standard InChI is InChI=1S/C16H19FN6O2/c17-10-5-4-8-12(9-10)20-16-21-14(18)13(23(24)25)15(22-16)19-11-6-2-1-3-7-11/h4-5,8-9,11H,1-3,6-7H2,(H4,18,19,20,21,22). The minimum absolute atomic E-state index is 0.0759. The van der Waals surface area contributed by atoms with Gasteiger partial charge in [0.2, 0.25) is 17.6 Å². The second kappa shape index (κ2) is 7.29. The molecule has 0 unspecified atom stereocenters. The van der Waals surface area contributed by atoms with Crippen LogP contribution in [0.5, 0.6) is 0 Å². The van der Waals surface area contributed by atoms with Crippen LogP contribution in [0.15, 0.2) is 24.3 Å². The van der Waals surface area contributed by atoms with E-state index in [0.29, 0.717) is 5.69 Å². The molecule has 8 nitrogen and oxygen atoms in total. The number of benzene rings is 1. The van der Waals surface area contributed by atoms with Gasteiger partial charge in [0.25, 0.3) is 0 Å². The zero-order valence-electron chi connectivity index (χ0n) is 13.5. The SMILES string of the molecule is Nc1nc(Nc2cccc(F)c2)nc(NC2CCCCC2)c1[N+](=O)[O-]. The van der Waals surface area contributed by atoms with Crippen molar-refractivity contribution in [3.8, 4) is 0 Å². The maximum atomic E-state index is 13.3. The van der Waals surface area contributed by atoms with E-state index in [2.05, 4.69) is 20.6 Å². The quantitative estimate of drug-likeness (QED) is 0.559. The molecule has 0 spiro atoms. The number of nitrogens with two attached hydrogens (primary N) is 1. The molecule has 0 saturated heterocycles. The average Bonchev–Trinajstić information content (AvgIpc) is 2.55. The summed E-state index contributed by atoms with van der Waals surface area (Å²) in [4.78, 5) is 18.9. The highest BCUT2D eigenvalue weighted by Crippen LogP contribution is 2.32. The van der Waals surface area contributed by atoms with Crippen molar-refractivity contribution < 1.29 is 9.31 Å². The van der Waals surface area contributed by atoms with Crippen LogP contribution in [0, 0.1) is 15.9 Å². The number of aromatic nitrogens is 2.